The average molecular weight is 381 g/mol. The molecule has 2 fully saturated rings. The number of anilines is 1. The molecule has 4 rings (SSSR count). The number of aromatic nitrogens is 3. The highest BCUT2D eigenvalue weighted by atomic mass is 35.5. The van der Waals surface area contributed by atoms with E-state index in [9.17, 15) is 9.18 Å². The van der Waals surface area contributed by atoms with Crippen LogP contribution in [0.25, 0.3) is 0 Å². The molecule has 0 spiro atoms. The van der Waals surface area contributed by atoms with Crippen molar-refractivity contribution >= 4 is 35.0 Å². The summed E-state index contributed by atoms with van der Waals surface area (Å²) in [6.07, 6.45) is 4.65. The van der Waals surface area contributed by atoms with Crippen LogP contribution in [0, 0.1) is 5.82 Å². The second-order valence-electron chi connectivity index (χ2n) is 6.59. The molecule has 8 heteroatoms. The minimum Gasteiger partial charge on any atom is -0.324 e. The molecule has 0 aliphatic heterocycles. The molecule has 2 aliphatic rings. The number of rotatable bonds is 6. The third kappa shape index (κ3) is 3.67. The molecule has 0 unspecified atom stereocenters. The van der Waals surface area contributed by atoms with E-state index in [2.05, 4.69) is 20.1 Å². The van der Waals surface area contributed by atoms with Gasteiger partial charge in [0.1, 0.15) is 11.6 Å². The van der Waals surface area contributed by atoms with E-state index >= 15 is 0 Å². The largest absolute Gasteiger partial charge is 0.324 e. The summed E-state index contributed by atoms with van der Waals surface area (Å²) in [5.74, 6) is 0.969. The van der Waals surface area contributed by atoms with Crippen molar-refractivity contribution in [2.45, 2.75) is 55.0 Å². The number of hydrogen-bond donors (Lipinski definition) is 1. The normalized spacial score (nSPS) is 18.2. The Hall–Kier alpha value is -1.60. The van der Waals surface area contributed by atoms with Gasteiger partial charge in [-0.05, 0) is 50.8 Å². The van der Waals surface area contributed by atoms with Crippen LogP contribution in [0.2, 0.25) is 5.02 Å². The topological polar surface area (TPSA) is 59.8 Å². The van der Waals surface area contributed by atoms with Crippen molar-refractivity contribution in [1.29, 1.82) is 0 Å². The van der Waals surface area contributed by atoms with Gasteiger partial charge in [0.15, 0.2) is 5.16 Å². The number of nitrogens with one attached hydrogen (secondary N) is 1. The predicted octanol–water partition coefficient (Wildman–Crippen LogP) is 4.40. The van der Waals surface area contributed by atoms with Gasteiger partial charge in [-0.1, -0.05) is 23.4 Å². The molecule has 5 nitrogen and oxygen atoms in total. The summed E-state index contributed by atoms with van der Waals surface area (Å²) in [6.45, 7) is 1.82. The van der Waals surface area contributed by atoms with Gasteiger partial charge in [0.2, 0.25) is 5.91 Å². The van der Waals surface area contributed by atoms with Gasteiger partial charge in [-0.25, -0.2) is 4.39 Å². The molecule has 1 aromatic carbocycles. The van der Waals surface area contributed by atoms with Crippen molar-refractivity contribution in [3.05, 3.63) is 34.9 Å². The first-order chi connectivity index (χ1) is 12.0. The first kappa shape index (κ1) is 16.8. The molecule has 2 aromatic rings. The van der Waals surface area contributed by atoms with E-state index in [1.54, 1.807) is 0 Å². The van der Waals surface area contributed by atoms with Crippen LogP contribution < -0.4 is 5.32 Å². The first-order valence-electron chi connectivity index (χ1n) is 8.40. The van der Waals surface area contributed by atoms with E-state index in [1.165, 1.54) is 42.8 Å². The van der Waals surface area contributed by atoms with E-state index in [4.69, 9.17) is 11.6 Å². The van der Waals surface area contributed by atoms with Crippen molar-refractivity contribution in [3.8, 4) is 0 Å². The van der Waals surface area contributed by atoms with E-state index in [-0.39, 0.29) is 16.2 Å². The molecule has 1 amide bonds. The first-order valence-corrected chi connectivity index (χ1v) is 9.66. The van der Waals surface area contributed by atoms with Crippen molar-refractivity contribution in [3.63, 3.8) is 0 Å². The Labute approximate surface area is 154 Å². The third-order valence-electron chi connectivity index (χ3n) is 4.39. The fourth-order valence-electron chi connectivity index (χ4n) is 2.70. The maximum absolute atomic E-state index is 13.1. The van der Waals surface area contributed by atoms with Crippen molar-refractivity contribution in [2.24, 2.45) is 0 Å². The molecule has 0 saturated heterocycles. The SMILES string of the molecule is C[C@H](Sc1nnc(C2CC2)n1C1CC1)C(=O)Nc1ccc(F)cc1Cl. The van der Waals surface area contributed by atoms with Crippen LogP contribution in [0.1, 0.15) is 50.4 Å². The second kappa shape index (κ2) is 6.61. The Balaban J connectivity index is 1.46. The standard InChI is InChI=1S/C17H18ClFN4OS/c1-9(16(24)20-14-7-4-11(19)8-13(14)18)25-17-22-21-15(10-2-3-10)23(17)12-5-6-12/h4,7-10,12H,2-3,5-6H2,1H3,(H,20,24)/t9-/m0/s1. The lowest BCUT2D eigenvalue weighted by atomic mass is 10.3. The smallest absolute Gasteiger partial charge is 0.237 e. The molecule has 1 aromatic heterocycles. The summed E-state index contributed by atoms with van der Waals surface area (Å²) >= 11 is 7.37. The quantitative estimate of drug-likeness (QED) is 0.754. The van der Waals surface area contributed by atoms with Crippen LogP contribution in [0.3, 0.4) is 0 Å². The van der Waals surface area contributed by atoms with Crippen LogP contribution >= 0.6 is 23.4 Å². The average Bonchev–Trinajstić information content (AvgIpc) is 3.49. The molecule has 2 saturated carbocycles. The highest BCUT2D eigenvalue weighted by molar-refractivity contribution is 8.00. The number of benzene rings is 1. The summed E-state index contributed by atoms with van der Waals surface area (Å²) in [4.78, 5) is 12.5. The molecule has 2 aliphatic carbocycles. The Morgan fingerprint density at radius 1 is 1.36 bits per heavy atom. The van der Waals surface area contributed by atoms with Crippen LogP contribution in [-0.2, 0) is 4.79 Å². The monoisotopic (exact) mass is 380 g/mol. The lowest BCUT2D eigenvalue weighted by Gasteiger charge is -2.14. The summed E-state index contributed by atoms with van der Waals surface area (Å²) in [5.41, 5.74) is 0.405. The molecule has 1 heterocycles. The van der Waals surface area contributed by atoms with Gasteiger partial charge < -0.3 is 9.88 Å². The number of amides is 1. The lowest BCUT2D eigenvalue weighted by Crippen LogP contribution is -2.23. The summed E-state index contributed by atoms with van der Waals surface area (Å²) in [5, 5.41) is 12.0. The van der Waals surface area contributed by atoms with E-state index in [1.807, 2.05) is 6.92 Å². The number of hydrogen-bond acceptors (Lipinski definition) is 4. The fourth-order valence-corrected chi connectivity index (χ4v) is 3.84. The second-order valence-corrected chi connectivity index (χ2v) is 8.30. The maximum Gasteiger partial charge on any atom is 0.237 e. The molecule has 0 radical (unpaired) electrons. The summed E-state index contributed by atoms with van der Waals surface area (Å²) in [7, 11) is 0. The van der Waals surface area contributed by atoms with E-state index < -0.39 is 5.82 Å². The Kier molecular flexibility index (Phi) is 4.45. The highest BCUT2D eigenvalue weighted by Gasteiger charge is 2.37. The lowest BCUT2D eigenvalue weighted by molar-refractivity contribution is -0.115. The number of carbonyl (C=O) groups excluding carboxylic acids is 1. The van der Waals surface area contributed by atoms with Crippen molar-refractivity contribution < 1.29 is 9.18 Å². The zero-order valence-electron chi connectivity index (χ0n) is 13.7. The van der Waals surface area contributed by atoms with Gasteiger partial charge in [0, 0.05) is 12.0 Å². The van der Waals surface area contributed by atoms with Gasteiger partial charge in [-0.15, -0.1) is 10.2 Å². The van der Waals surface area contributed by atoms with Crippen LogP contribution in [0.5, 0.6) is 0 Å². The van der Waals surface area contributed by atoms with Gasteiger partial charge in [0.05, 0.1) is 16.0 Å². The molecular weight excluding hydrogens is 363 g/mol. The van der Waals surface area contributed by atoms with Crippen LogP contribution in [0.4, 0.5) is 10.1 Å². The Morgan fingerprint density at radius 2 is 2.12 bits per heavy atom. The van der Waals surface area contributed by atoms with Crippen molar-refractivity contribution in [1.82, 2.24) is 14.8 Å². The number of halogens is 2. The number of nitrogens with zero attached hydrogens (tertiary/aromatic N) is 3. The molecular formula is C17H18ClFN4OS. The minimum atomic E-state index is -0.435. The Morgan fingerprint density at radius 3 is 2.76 bits per heavy atom. The van der Waals surface area contributed by atoms with Crippen LogP contribution in [-0.4, -0.2) is 25.9 Å². The fraction of sp³-hybridized carbons (Fsp3) is 0.471. The van der Waals surface area contributed by atoms with Gasteiger partial charge in [0.25, 0.3) is 0 Å². The zero-order chi connectivity index (χ0) is 17.6. The molecule has 0 bridgehead atoms. The maximum atomic E-state index is 13.1. The summed E-state index contributed by atoms with van der Waals surface area (Å²) < 4.78 is 15.3. The third-order valence-corrected chi connectivity index (χ3v) is 5.76. The molecule has 1 atom stereocenters. The minimum absolute atomic E-state index is 0.183. The Bertz CT molecular complexity index is 819. The van der Waals surface area contributed by atoms with Gasteiger partial charge >= 0.3 is 0 Å². The zero-order valence-corrected chi connectivity index (χ0v) is 15.3. The van der Waals surface area contributed by atoms with Gasteiger partial charge in [-0.2, -0.15) is 0 Å². The van der Waals surface area contributed by atoms with E-state index in [0.29, 0.717) is 17.6 Å². The molecule has 132 valence electrons. The molecule has 25 heavy (non-hydrogen) atoms. The van der Waals surface area contributed by atoms with E-state index in [0.717, 1.165) is 23.8 Å². The van der Waals surface area contributed by atoms with Crippen molar-refractivity contribution in [2.75, 3.05) is 5.32 Å². The number of carbonyl (C=O) groups is 1. The predicted molar refractivity (Wildman–Crippen MR) is 95.6 cm³/mol. The van der Waals surface area contributed by atoms with Gasteiger partial charge in [-0.3, -0.25) is 4.79 Å². The summed E-state index contributed by atoms with van der Waals surface area (Å²) in [6, 6.07) is 4.39. The van der Waals surface area contributed by atoms with Crippen LogP contribution in [0.15, 0.2) is 23.4 Å². The number of thioether (sulfide) groups is 1. The highest BCUT2D eigenvalue weighted by Crippen LogP contribution is 2.46. The molecule has 1 N–H and O–H groups in total.